The first-order chi connectivity index (χ1) is 13.8. The monoisotopic (exact) mass is 376 g/mol. The molecular weight excluding hydrogens is 348 g/mol. The molecule has 0 aliphatic heterocycles. The van der Waals surface area contributed by atoms with Crippen LogP contribution in [0.4, 0.5) is 4.79 Å². The lowest BCUT2D eigenvalue weighted by Crippen LogP contribution is -2.47. The molecule has 0 radical (unpaired) electrons. The molecule has 1 N–H and O–H groups in total. The van der Waals surface area contributed by atoms with Crippen LogP contribution < -0.4 is 5.32 Å². The topological polar surface area (TPSA) is 50.2 Å². The zero-order valence-electron chi connectivity index (χ0n) is 16.3. The van der Waals surface area contributed by atoms with Crippen molar-refractivity contribution in [2.75, 3.05) is 6.54 Å². The molecule has 2 amide bonds. The summed E-state index contributed by atoms with van der Waals surface area (Å²) in [5.74, 6) is 0. The van der Waals surface area contributed by atoms with E-state index in [0.29, 0.717) is 19.1 Å². The van der Waals surface area contributed by atoms with Crippen molar-refractivity contribution in [3.05, 3.63) is 66.6 Å². The molecule has 0 atom stereocenters. The summed E-state index contributed by atoms with van der Waals surface area (Å²) in [5, 5.41) is 4.37. The average molecular weight is 377 g/mol. The number of rotatable bonds is 6. The molecule has 0 bridgehead atoms. The first-order valence-electron chi connectivity index (χ1n) is 10.3. The molecule has 3 aromatic rings. The summed E-state index contributed by atoms with van der Waals surface area (Å²) < 4.78 is 2.19. The number of benzene rings is 1. The molecule has 2 heterocycles. The third-order valence-corrected chi connectivity index (χ3v) is 5.64. The maximum absolute atomic E-state index is 13.0. The van der Waals surface area contributed by atoms with Crippen LogP contribution in [-0.4, -0.2) is 33.1 Å². The van der Waals surface area contributed by atoms with E-state index in [9.17, 15) is 4.79 Å². The lowest BCUT2D eigenvalue weighted by molar-refractivity contribution is 0.150. The molecule has 1 aromatic carbocycles. The highest BCUT2D eigenvalue weighted by Crippen LogP contribution is 2.24. The first kappa shape index (κ1) is 18.5. The van der Waals surface area contributed by atoms with Crippen molar-refractivity contribution in [1.82, 2.24) is 19.8 Å². The van der Waals surface area contributed by atoms with Gasteiger partial charge in [-0.3, -0.25) is 4.98 Å². The van der Waals surface area contributed by atoms with Crippen LogP contribution in [-0.2, 0) is 13.1 Å². The Labute approximate surface area is 166 Å². The molecule has 4 rings (SSSR count). The van der Waals surface area contributed by atoms with Crippen LogP contribution in [0.2, 0.25) is 0 Å². The van der Waals surface area contributed by atoms with Crippen LogP contribution in [0, 0.1) is 0 Å². The summed E-state index contributed by atoms with van der Waals surface area (Å²) >= 11 is 0. The number of hydrogen-bond donors (Lipinski definition) is 1. The number of hydrogen-bond acceptors (Lipinski definition) is 2. The lowest BCUT2D eigenvalue weighted by Gasteiger charge is -2.34. The van der Waals surface area contributed by atoms with E-state index in [1.54, 1.807) is 6.20 Å². The summed E-state index contributed by atoms with van der Waals surface area (Å²) in [6.45, 7) is 1.95. The van der Waals surface area contributed by atoms with Gasteiger partial charge in [-0.05, 0) is 42.5 Å². The molecule has 1 saturated carbocycles. The maximum atomic E-state index is 13.0. The zero-order valence-corrected chi connectivity index (χ0v) is 16.3. The summed E-state index contributed by atoms with van der Waals surface area (Å²) in [5.41, 5.74) is 2.15. The van der Waals surface area contributed by atoms with Gasteiger partial charge in [-0.15, -0.1) is 0 Å². The van der Waals surface area contributed by atoms with E-state index in [2.05, 4.69) is 45.3 Å². The summed E-state index contributed by atoms with van der Waals surface area (Å²) in [4.78, 5) is 19.4. The van der Waals surface area contributed by atoms with Gasteiger partial charge in [-0.2, -0.15) is 0 Å². The van der Waals surface area contributed by atoms with Gasteiger partial charge < -0.3 is 14.8 Å². The number of urea groups is 1. The van der Waals surface area contributed by atoms with Crippen LogP contribution in [0.3, 0.4) is 0 Å². The summed E-state index contributed by atoms with van der Waals surface area (Å²) in [7, 11) is 0. The molecule has 1 aliphatic rings. The Morgan fingerprint density at radius 3 is 2.71 bits per heavy atom. The molecule has 5 heteroatoms. The van der Waals surface area contributed by atoms with E-state index in [-0.39, 0.29) is 6.03 Å². The van der Waals surface area contributed by atoms with E-state index in [4.69, 9.17) is 0 Å². The summed E-state index contributed by atoms with van der Waals surface area (Å²) in [6.07, 6.45) is 9.73. The number of carbonyl (C=O) groups is 1. The minimum atomic E-state index is 0.0222. The quantitative estimate of drug-likeness (QED) is 0.684. The van der Waals surface area contributed by atoms with Gasteiger partial charge in [0, 0.05) is 37.0 Å². The highest BCUT2D eigenvalue weighted by atomic mass is 16.2. The van der Waals surface area contributed by atoms with E-state index >= 15 is 0 Å². The molecule has 5 nitrogen and oxygen atoms in total. The third kappa shape index (κ3) is 4.35. The molecular formula is C23H28N4O. The van der Waals surface area contributed by atoms with Crippen molar-refractivity contribution in [2.45, 2.75) is 51.2 Å². The van der Waals surface area contributed by atoms with Crippen molar-refractivity contribution in [3.63, 3.8) is 0 Å². The number of aromatic nitrogens is 2. The molecule has 0 spiro atoms. The van der Waals surface area contributed by atoms with Gasteiger partial charge in [0.25, 0.3) is 0 Å². The van der Waals surface area contributed by atoms with E-state index in [1.807, 2.05) is 29.2 Å². The number of nitrogens with zero attached hydrogens (tertiary/aromatic N) is 3. The van der Waals surface area contributed by atoms with E-state index in [0.717, 1.165) is 25.1 Å². The minimum absolute atomic E-state index is 0.0222. The van der Waals surface area contributed by atoms with Crippen molar-refractivity contribution >= 4 is 16.9 Å². The Morgan fingerprint density at radius 1 is 1.07 bits per heavy atom. The third-order valence-electron chi connectivity index (χ3n) is 5.64. The predicted octanol–water partition coefficient (Wildman–Crippen LogP) is 4.58. The predicted molar refractivity (Wildman–Crippen MR) is 112 cm³/mol. The van der Waals surface area contributed by atoms with Crippen molar-refractivity contribution in [3.8, 4) is 0 Å². The number of fused-ring (bicyclic) bond motifs is 1. The first-order valence-corrected chi connectivity index (χ1v) is 10.3. The van der Waals surface area contributed by atoms with Crippen molar-refractivity contribution in [2.24, 2.45) is 0 Å². The van der Waals surface area contributed by atoms with E-state index in [1.165, 1.54) is 30.2 Å². The highest BCUT2D eigenvalue weighted by molar-refractivity contribution is 5.80. The second-order valence-electron chi connectivity index (χ2n) is 7.54. The second-order valence-corrected chi connectivity index (χ2v) is 7.54. The van der Waals surface area contributed by atoms with Crippen LogP contribution in [0.25, 0.3) is 10.9 Å². The smallest absolute Gasteiger partial charge is 0.318 e. The largest absolute Gasteiger partial charge is 0.346 e. The van der Waals surface area contributed by atoms with Gasteiger partial charge in [-0.1, -0.05) is 43.5 Å². The van der Waals surface area contributed by atoms with Gasteiger partial charge in [0.1, 0.15) is 0 Å². The molecule has 1 aliphatic carbocycles. The van der Waals surface area contributed by atoms with Crippen LogP contribution in [0.5, 0.6) is 0 Å². The normalized spacial score (nSPS) is 14.9. The van der Waals surface area contributed by atoms with Crippen LogP contribution >= 0.6 is 0 Å². The molecule has 1 fully saturated rings. The number of pyridine rings is 1. The van der Waals surface area contributed by atoms with Gasteiger partial charge >= 0.3 is 6.03 Å². The molecule has 0 saturated heterocycles. The van der Waals surface area contributed by atoms with Crippen molar-refractivity contribution < 1.29 is 4.79 Å². The van der Waals surface area contributed by atoms with Gasteiger partial charge in [-0.25, -0.2) is 4.79 Å². The Bertz CT molecular complexity index is 899. The molecule has 28 heavy (non-hydrogen) atoms. The number of carbonyl (C=O) groups excluding carboxylic acids is 1. The lowest BCUT2D eigenvalue weighted by atomic mass is 9.94. The maximum Gasteiger partial charge on any atom is 0.318 e. The molecule has 2 aromatic heterocycles. The van der Waals surface area contributed by atoms with Crippen LogP contribution in [0.15, 0.2) is 60.9 Å². The SMILES string of the molecule is O=C(NCCn1ccc2ccccc21)N(Cc1ccccn1)C1CCCCC1. The van der Waals surface area contributed by atoms with Gasteiger partial charge in [0.05, 0.1) is 12.2 Å². The second kappa shape index (κ2) is 8.91. The fraction of sp³-hybridized carbons (Fsp3) is 0.391. The van der Waals surface area contributed by atoms with Crippen LogP contribution in [0.1, 0.15) is 37.8 Å². The Balaban J connectivity index is 1.40. The Morgan fingerprint density at radius 2 is 1.89 bits per heavy atom. The number of nitrogens with one attached hydrogen (secondary N) is 1. The Kier molecular flexibility index (Phi) is 5.90. The number of amides is 2. The zero-order chi connectivity index (χ0) is 19.2. The molecule has 146 valence electrons. The molecule has 0 unspecified atom stereocenters. The summed E-state index contributed by atoms with van der Waals surface area (Å²) in [6, 6.07) is 16.7. The highest BCUT2D eigenvalue weighted by Gasteiger charge is 2.25. The van der Waals surface area contributed by atoms with E-state index < -0.39 is 0 Å². The average Bonchev–Trinajstić information content (AvgIpc) is 3.16. The Hall–Kier alpha value is -2.82. The van der Waals surface area contributed by atoms with Crippen molar-refractivity contribution in [1.29, 1.82) is 0 Å². The fourth-order valence-electron chi connectivity index (χ4n) is 4.15. The fourth-order valence-corrected chi connectivity index (χ4v) is 4.15. The standard InChI is InChI=1S/C23H28N4O/c28-23(25-15-17-26-16-13-19-8-4-5-12-22(19)26)27(21-10-2-1-3-11-21)18-20-9-6-7-14-24-20/h4-9,12-14,16,21H,1-3,10-11,15,17-18H2,(H,25,28). The minimum Gasteiger partial charge on any atom is -0.346 e. The van der Waals surface area contributed by atoms with Gasteiger partial charge in [0.2, 0.25) is 0 Å². The van der Waals surface area contributed by atoms with Gasteiger partial charge in [0.15, 0.2) is 0 Å². The number of para-hydroxylation sites is 1.